The van der Waals surface area contributed by atoms with Gasteiger partial charge in [0, 0.05) is 19.4 Å². The Morgan fingerprint density at radius 3 is 2.86 bits per heavy atom. The van der Waals surface area contributed by atoms with Gasteiger partial charge in [-0.15, -0.1) is 0 Å². The molecule has 1 saturated heterocycles. The average molecular weight is 354 g/mol. The van der Waals surface area contributed by atoms with Gasteiger partial charge in [0.1, 0.15) is 18.2 Å². The molecule has 2 aromatic heterocycles. The summed E-state index contributed by atoms with van der Waals surface area (Å²) in [4.78, 5) is 12.6. The molecule has 0 amide bonds. The first-order chi connectivity index (χ1) is 10.2. The standard InChI is InChI=1S/C13H16BrN5O2/c1-8-17-13(21-19-8)11(9-2-4-20-5-3-9)18-12-10(14)6-15-7-16-12/h6-7,9,11H,2-5H2,1H3,(H,15,16,18). The second-order valence-corrected chi connectivity index (χ2v) is 5.83. The molecule has 1 fully saturated rings. The van der Waals surface area contributed by atoms with Crippen molar-refractivity contribution in [2.75, 3.05) is 18.5 Å². The Balaban J connectivity index is 1.86. The smallest absolute Gasteiger partial charge is 0.249 e. The van der Waals surface area contributed by atoms with E-state index in [0.29, 0.717) is 17.6 Å². The first-order valence-electron chi connectivity index (χ1n) is 6.84. The molecule has 0 saturated carbocycles. The van der Waals surface area contributed by atoms with Crippen LogP contribution in [0, 0.1) is 12.8 Å². The molecule has 1 atom stereocenters. The van der Waals surface area contributed by atoms with E-state index < -0.39 is 0 Å². The molecule has 2 aromatic rings. The van der Waals surface area contributed by atoms with E-state index in [1.807, 2.05) is 6.92 Å². The Labute approximate surface area is 130 Å². The Morgan fingerprint density at radius 2 is 2.19 bits per heavy atom. The average Bonchev–Trinajstić information content (AvgIpc) is 2.93. The largest absolute Gasteiger partial charge is 0.381 e. The van der Waals surface area contributed by atoms with Gasteiger partial charge < -0.3 is 14.6 Å². The molecule has 1 aliphatic rings. The van der Waals surface area contributed by atoms with Gasteiger partial charge in [0.2, 0.25) is 5.89 Å². The lowest BCUT2D eigenvalue weighted by Gasteiger charge is -2.29. The number of aromatic nitrogens is 4. The monoisotopic (exact) mass is 353 g/mol. The molecule has 8 heteroatoms. The summed E-state index contributed by atoms with van der Waals surface area (Å²) in [5.41, 5.74) is 0. The van der Waals surface area contributed by atoms with Crippen molar-refractivity contribution in [2.45, 2.75) is 25.8 Å². The SMILES string of the molecule is Cc1noc(C(Nc2ncncc2Br)C2CCOCC2)n1. The zero-order chi connectivity index (χ0) is 14.7. The van der Waals surface area contributed by atoms with Gasteiger partial charge >= 0.3 is 0 Å². The van der Waals surface area contributed by atoms with Crippen LogP contribution in [0.25, 0.3) is 0 Å². The van der Waals surface area contributed by atoms with Crippen molar-refractivity contribution in [2.24, 2.45) is 5.92 Å². The lowest BCUT2D eigenvalue weighted by Crippen LogP contribution is -2.27. The third kappa shape index (κ3) is 3.38. The Bertz CT molecular complexity index is 600. The molecule has 3 heterocycles. The molecule has 7 nitrogen and oxygen atoms in total. The highest BCUT2D eigenvalue weighted by Gasteiger charge is 2.30. The van der Waals surface area contributed by atoms with Gasteiger partial charge in [-0.3, -0.25) is 0 Å². The molecule has 0 aliphatic carbocycles. The van der Waals surface area contributed by atoms with Gasteiger partial charge in [0.05, 0.1) is 4.47 Å². The summed E-state index contributed by atoms with van der Waals surface area (Å²) in [6.07, 6.45) is 5.10. The number of hydrogen-bond acceptors (Lipinski definition) is 7. The van der Waals surface area contributed by atoms with Gasteiger partial charge in [-0.1, -0.05) is 5.16 Å². The van der Waals surface area contributed by atoms with Gasteiger partial charge in [-0.2, -0.15) is 4.98 Å². The number of hydrogen-bond donors (Lipinski definition) is 1. The van der Waals surface area contributed by atoms with E-state index in [1.165, 1.54) is 6.33 Å². The van der Waals surface area contributed by atoms with Crippen LogP contribution in [0.5, 0.6) is 0 Å². The van der Waals surface area contributed by atoms with E-state index in [1.54, 1.807) is 6.20 Å². The third-order valence-corrected chi connectivity index (χ3v) is 4.09. The normalized spacial score (nSPS) is 17.6. The molecule has 0 spiro atoms. The number of rotatable bonds is 4. The molecular formula is C13H16BrN5O2. The summed E-state index contributed by atoms with van der Waals surface area (Å²) >= 11 is 3.45. The summed E-state index contributed by atoms with van der Waals surface area (Å²) in [6, 6.07) is -0.0821. The van der Waals surface area contributed by atoms with Gasteiger partial charge in [-0.05, 0) is 41.6 Å². The van der Waals surface area contributed by atoms with Crippen molar-refractivity contribution < 1.29 is 9.26 Å². The van der Waals surface area contributed by atoms with Crippen LogP contribution in [0.2, 0.25) is 0 Å². The van der Waals surface area contributed by atoms with E-state index >= 15 is 0 Å². The fourth-order valence-corrected chi connectivity index (χ4v) is 2.77. The van der Waals surface area contributed by atoms with Crippen LogP contribution in [-0.4, -0.2) is 33.3 Å². The zero-order valence-corrected chi connectivity index (χ0v) is 13.2. The highest BCUT2D eigenvalue weighted by Crippen LogP contribution is 2.33. The van der Waals surface area contributed by atoms with E-state index in [2.05, 4.69) is 41.4 Å². The highest BCUT2D eigenvalue weighted by molar-refractivity contribution is 9.10. The molecule has 0 radical (unpaired) electrons. The predicted octanol–water partition coefficient (Wildman–Crippen LogP) is 2.51. The molecule has 112 valence electrons. The molecular weight excluding hydrogens is 338 g/mol. The van der Waals surface area contributed by atoms with Crippen molar-refractivity contribution in [1.29, 1.82) is 0 Å². The summed E-state index contributed by atoms with van der Waals surface area (Å²) in [7, 11) is 0. The minimum Gasteiger partial charge on any atom is -0.381 e. The van der Waals surface area contributed by atoms with Crippen molar-refractivity contribution in [1.82, 2.24) is 20.1 Å². The highest BCUT2D eigenvalue weighted by atomic mass is 79.9. The maximum Gasteiger partial charge on any atom is 0.249 e. The van der Waals surface area contributed by atoms with Crippen LogP contribution in [-0.2, 0) is 4.74 Å². The van der Waals surface area contributed by atoms with Crippen molar-refractivity contribution in [3.63, 3.8) is 0 Å². The van der Waals surface area contributed by atoms with Crippen LogP contribution in [0.3, 0.4) is 0 Å². The zero-order valence-electron chi connectivity index (χ0n) is 11.6. The fraction of sp³-hybridized carbons (Fsp3) is 0.538. The molecule has 1 N–H and O–H groups in total. The van der Waals surface area contributed by atoms with E-state index in [4.69, 9.17) is 9.26 Å². The minimum absolute atomic E-state index is 0.0821. The number of aryl methyl sites for hydroxylation is 1. The maximum absolute atomic E-state index is 5.44. The maximum atomic E-state index is 5.44. The number of halogens is 1. The second-order valence-electron chi connectivity index (χ2n) is 4.97. The van der Waals surface area contributed by atoms with Crippen molar-refractivity contribution in [3.8, 4) is 0 Å². The summed E-state index contributed by atoms with van der Waals surface area (Å²) < 4.78 is 11.6. The van der Waals surface area contributed by atoms with Crippen LogP contribution in [0.1, 0.15) is 30.6 Å². The quantitative estimate of drug-likeness (QED) is 0.903. The first-order valence-corrected chi connectivity index (χ1v) is 7.63. The topological polar surface area (TPSA) is 86.0 Å². The van der Waals surface area contributed by atoms with Crippen LogP contribution >= 0.6 is 15.9 Å². The lowest BCUT2D eigenvalue weighted by molar-refractivity contribution is 0.0570. The van der Waals surface area contributed by atoms with Crippen LogP contribution in [0.4, 0.5) is 5.82 Å². The predicted molar refractivity (Wildman–Crippen MR) is 78.7 cm³/mol. The number of anilines is 1. The lowest BCUT2D eigenvalue weighted by atomic mass is 9.91. The summed E-state index contributed by atoms with van der Waals surface area (Å²) in [6.45, 7) is 3.32. The Hall–Kier alpha value is -1.54. The van der Waals surface area contributed by atoms with Gasteiger partial charge in [-0.25, -0.2) is 9.97 Å². The Kier molecular flexibility index (Phi) is 4.45. The Morgan fingerprint density at radius 1 is 1.38 bits per heavy atom. The van der Waals surface area contributed by atoms with Gasteiger partial charge in [0.25, 0.3) is 0 Å². The molecule has 3 rings (SSSR count). The second kappa shape index (κ2) is 6.48. The molecule has 0 bridgehead atoms. The van der Waals surface area contributed by atoms with Crippen molar-refractivity contribution >= 4 is 21.7 Å². The molecule has 21 heavy (non-hydrogen) atoms. The first kappa shape index (κ1) is 14.4. The van der Waals surface area contributed by atoms with Crippen molar-refractivity contribution in [3.05, 3.63) is 28.7 Å². The van der Waals surface area contributed by atoms with E-state index in [-0.39, 0.29) is 6.04 Å². The minimum atomic E-state index is -0.0821. The third-order valence-electron chi connectivity index (χ3n) is 3.51. The summed E-state index contributed by atoms with van der Waals surface area (Å²) in [5.74, 6) is 2.30. The van der Waals surface area contributed by atoms with Gasteiger partial charge in [0.15, 0.2) is 5.82 Å². The molecule has 0 aromatic carbocycles. The molecule has 1 aliphatic heterocycles. The number of nitrogens with zero attached hydrogens (tertiary/aromatic N) is 4. The number of ether oxygens (including phenoxy) is 1. The number of nitrogens with one attached hydrogen (secondary N) is 1. The van der Waals surface area contributed by atoms with E-state index in [9.17, 15) is 0 Å². The van der Waals surface area contributed by atoms with Crippen LogP contribution in [0.15, 0.2) is 21.5 Å². The summed E-state index contributed by atoms with van der Waals surface area (Å²) in [5, 5.41) is 7.29. The van der Waals surface area contributed by atoms with E-state index in [0.717, 1.165) is 36.3 Å². The van der Waals surface area contributed by atoms with Crippen LogP contribution < -0.4 is 5.32 Å². The fourth-order valence-electron chi connectivity index (χ4n) is 2.44. The molecule has 1 unspecified atom stereocenters.